The molecule has 0 saturated carbocycles. The van der Waals surface area contributed by atoms with Crippen molar-refractivity contribution in [2.24, 2.45) is 13.0 Å². The molecular weight excluding hydrogens is 332 g/mol. The molecule has 0 radical (unpaired) electrons. The molecule has 1 unspecified atom stereocenters. The zero-order valence-electron chi connectivity index (χ0n) is 14.7. The van der Waals surface area contributed by atoms with E-state index in [4.69, 9.17) is 0 Å². The molecular formula is C19H22N4O3. The fourth-order valence-electron chi connectivity index (χ4n) is 4.15. The summed E-state index contributed by atoms with van der Waals surface area (Å²) >= 11 is 0. The number of nitro groups is 1. The Hall–Kier alpha value is -2.67. The van der Waals surface area contributed by atoms with E-state index in [2.05, 4.69) is 10.2 Å². The van der Waals surface area contributed by atoms with Crippen molar-refractivity contribution in [1.82, 2.24) is 14.8 Å². The number of piperidine rings is 3. The Bertz CT molecular complexity index is 835. The number of hydrogen-bond acceptors (Lipinski definition) is 4. The van der Waals surface area contributed by atoms with E-state index in [9.17, 15) is 14.9 Å². The predicted molar refractivity (Wildman–Crippen MR) is 97.9 cm³/mol. The van der Waals surface area contributed by atoms with Gasteiger partial charge in [-0.15, -0.1) is 0 Å². The van der Waals surface area contributed by atoms with E-state index in [1.807, 2.05) is 23.7 Å². The van der Waals surface area contributed by atoms with Crippen LogP contribution in [0.5, 0.6) is 0 Å². The molecule has 26 heavy (non-hydrogen) atoms. The van der Waals surface area contributed by atoms with Gasteiger partial charge in [0.2, 0.25) is 0 Å². The highest BCUT2D eigenvalue weighted by molar-refractivity contribution is 5.94. The summed E-state index contributed by atoms with van der Waals surface area (Å²) in [6.45, 7) is 3.23. The van der Waals surface area contributed by atoms with Crippen molar-refractivity contribution in [1.29, 1.82) is 0 Å². The van der Waals surface area contributed by atoms with Crippen LogP contribution in [0.2, 0.25) is 0 Å². The second-order valence-electron chi connectivity index (χ2n) is 7.18. The summed E-state index contributed by atoms with van der Waals surface area (Å²) in [5.41, 5.74) is 2.37. The minimum atomic E-state index is -0.415. The Labute approximate surface area is 151 Å². The number of fused-ring (bicyclic) bond motifs is 3. The average molecular weight is 354 g/mol. The largest absolute Gasteiger partial charge is 0.346 e. The molecule has 1 amide bonds. The molecule has 1 N–H and O–H groups in total. The van der Waals surface area contributed by atoms with Crippen LogP contribution in [0.15, 0.2) is 36.4 Å². The molecule has 1 aromatic heterocycles. The van der Waals surface area contributed by atoms with Crippen LogP contribution in [0, 0.1) is 16.0 Å². The lowest BCUT2D eigenvalue weighted by molar-refractivity contribution is -0.384. The lowest BCUT2D eigenvalue weighted by Gasteiger charge is -2.44. The van der Waals surface area contributed by atoms with E-state index >= 15 is 0 Å². The van der Waals surface area contributed by atoms with Gasteiger partial charge in [-0.25, -0.2) is 0 Å². The van der Waals surface area contributed by atoms with Gasteiger partial charge in [0.25, 0.3) is 11.6 Å². The first-order valence-electron chi connectivity index (χ1n) is 8.96. The molecule has 3 aliphatic heterocycles. The number of aromatic nitrogens is 1. The number of benzene rings is 1. The SMILES string of the molecule is Cn1c(C(=O)NC2CN3CCC2CC3)ccc1-c1ccc([N+](=O)[O-])cc1. The third-order valence-electron chi connectivity index (χ3n) is 5.70. The fraction of sp³-hybridized carbons (Fsp3) is 0.421. The highest BCUT2D eigenvalue weighted by atomic mass is 16.6. The maximum absolute atomic E-state index is 12.8. The standard InChI is InChI=1S/C19H22N4O3/c1-21-17(14-2-4-15(5-3-14)23(25)26)6-7-18(21)19(24)20-16-12-22-10-8-13(16)9-11-22/h2-7,13,16H,8-12H2,1H3,(H,20,24). The van der Waals surface area contributed by atoms with E-state index < -0.39 is 4.92 Å². The molecule has 0 aliphatic carbocycles. The first kappa shape index (κ1) is 16.8. The van der Waals surface area contributed by atoms with Crippen LogP contribution in [0.25, 0.3) is 11.3 Å². The lowest BCUT2D eigenvalue weighted by atomic mass is 9.84. The molecule has 2 aromatic rings. The number of nitrogens with one attached hydrogen (secondary N) is 1. The Kier molecular flexibility index (Phi) is 4.24. The topological polar surface area (TPSA) is 80.4 Å². The molecule has 3 aliphatic rings. The van der Waals surface area contributed by atoms with Crippen LogP contribution >= 0.6 is 0 Å². The van der Waals surface area contributed by atoms with Gasteiger partial charge in [-0.2, -0.15) is 0 Å². The fourth-order valence-corrected chi connectivity index (χ4v) is 4.15. The molecule has 136 valence electrons. The third-order valence-corrected chi connectivity index (χ3v) is 5.70. The second-order valence-corrected chi connectivity index (χ2v) is 7.18. The maximum atomic E-state index is 12.8. The van der Waals surface area contributed by atoms with Gasteiger partial charge in [-0.1, -0.05) is 0 Å². The summed E-state index contributed by atoms with van der Waals surface area (Å²) in [5.74, 6) is 0.526. The van der Waals surface area contributed by atoms with Crippen molar-refractivity contribution in [3.63, 3.8) is 0 Å². The number of hydrogen-bond donors (Lipinski definition) is 1. The number of carbonyl (C=O) groups excluding carboxylic acids is 1. The Balaban J connectivity index is 1.51. The van der Waals surface area contributed by atoms with E-state index in [0.29, 0.717) is 11.6 Å². The van der Waals surface area contributed by atoms with Crippen molar-refractivity contribution in [3.05, 3.63) is 52.2 Å². The number of carbonyl (C=O) groups is 1. The molecule has 3 saturated heterocycles. The number of non-ortho nitro benzene ring substituents is 1. The van der Waals surface area contributed by atoms with E-state index in [-0.39, 0.29) is 17.6 Å². The molecule has 1 aromatic carbocycles. The smallest absolute Gasteiger partial charge is 0.269 e. The molecule has 7 heteroatoms. The molecule has 2 bridgehead atoms. The van der Waals surface area contributed by atoms with Crippen molar-refractivity contribution in [2.75, 3.05) is 19.6 Å². The second kappa shape index (κ2) is 6.57. The highest BCUT2D eigenvalue weighted by Crippen LogP contribution is 2.28. The first-order valence-corrected chi connectivity index (χ1v) is 8.96. The van der Waals surface area contributed by atoms with Crippen molar-refractivity contribution in [3.8, 4) is 11.3 Å². The predicted octanol–water partition coefficient (Wildman–Crippen LogP) is 2.42. The van der Waals surface area contributed by atoms with Gasteiger partial charge >= 0.3 is 0 Å². The number of nitrogens with zero attached hydrogens (tertiary/aromatic N) is 3. The van der Waals surface area contributed by atoms with Crippen LogP contribution in [-0.2, 0) is 7.05 Å². The number of rotatable bonds is 4. The summed E-state index contributed by atoms with van der Waals surface area (Å²) in [4.78, 5) is 25.6. The van der Waals surface area contributed by atoms with Gasteiger partial charge in [0, 0.05) is 37.5 Å². The Morgan fingerprint density at radius 3 is 2.42 bits per heavy atom. The normalized spacial score (nSPS) is 24.4. The number of nitro benzene ring substituents is 1. The minimum absolute atomic E-state index is 0.0561. The summed E-state index contributed by atoms with van der Waals surface area (Å²) in [5, 5.41) is 14.0. The van der Waals surface area contributed by atoms with Gasteiger partial charge in [0.05, 0.1) is 4.92 Å². The zero-order chi connectivity index (χ0) is 18.3. The average Bonchev–Trinajstić information content (AvgIpc) is 3.04. The van der Waals surface area contributed by atoms with Crippen molar-refractivity contribution in [2.45, 2.75) is 18.9 Å². The van der Waals surface area contributed by atoms with Gasteiger partial charge in [0.1, 0.15) is 5.69 Å². The quantitative estimate of drug-likeness (QED) is 0.675. The molecule has 4 heterocycles. The highest BCUT2D eigenvalue weighted by Gasteiger charge is 2.35. The van der Waals surface area contributed by atoms with Crippen LogP contribution in [0.1, 0.15) is 23.3 Å². The van der Waals surface area contributed by atoms with E-state index in [1.54, 1.807) is 12.1 Å². The van der Waals surface area contributed by atoms with Crippen LogP contribution in [0.3, 0.4) is 0 Å². The van der Waals surface area contributed by atoms with Gasteiger partial charge in [0.15, 0.2) is 0 Å². The molecule has 5 rings (SSSR count). The first-order chi connectivity index (χ1) is 12.5. The van der Waals surface area contributed by atoms with Crippen molar-refractivity contribution < 1.29 is 9.72 Å². The zero-order valence-corrected chi connectivity index (χ0v) is 14.7. The lowest BCUT2D eigenvalue weighted by Crippen LogP contribution is -2.57. The maximum Gasteiger partial charge on any atom is 0.269 e. The summed E-state index contributed by atoms with van der Waals surface area (Å²) in [6.07, 6.45) is 2.32. The third kappa shape index (κ3) is 2.99. The summed E-state index contributed by atoms with van der Waals surface area (Å²) < 4.78 is 1.85. The molecule has 3 fully saturated rings. The van der Waals surface area contributed by atoms with Crippen LogP contribution < -0.4 is 5.32 Å². The van der Waals surface area contributed by atoms with Gasteiger partial charge in [-0.05, 0) is 61.7 Å². The Morgan fingerprint density at radius 2 is 1.85 bits per heavy atom. The van der Waals surface area contributed by atoms with E-state index in [0.717, 1.165) is 43.7 Å². The van der Waals surface area contributed by atoms with E-state index in [1.165, 1.54) is 12.1 Å². The van der Waals surface area contributed by atoms with Crippen LogP contribution in [0.4, 0.5) is 5.69 Å². The van der Waals surface area contributed by atoms with Crippen LogP contribution in [-0.4, -0.2) is 46.0 Å². The van der Waals surface area contributed by atoms with Gasteiger partial charge in [-0.3, -0.25) is 14.9 Å². The number of amides is 1. The minimum Gasteiger partial charge on any atom is -0.346 e. The monoisotopic (exact) mass is 354 g/mol. The summed E-state index contributed by atoms with van der Waals surface area (Å²) in [7, 11) is 1.85. The molecule has 0 spiro atoms. The summed E-state index contributed by atoms with van der Waals surface area (Å²) in [6, 6.07) is 10.3. The Morgan fingerprint density at radius 1 is 1.15 bits per heavy atom. The van der Waals surface area contributed by atoms with Crippen molar-refractivity contribution >= 4 is 11.6 Å². The molecule has 1 atom stereocenters. The van der Waals surface area contributed by atoms with Gasteiger partial charge < -0.3 is 14.8 Å². The molecule has 7 nitrogen and oxygen atoms in total.